The molecule has 0 atom stereocenters. The normalized spacial score (nSPS) is 9.64. The number of para-hydroxylation sites is 6. The number of rotatable bonds is 10. The maximum Gasteiger partial charge on any atom is 0.230 e. The van der Waals surface area contributed by atoms with Crippen molar-refractivity contribution in [1.29, 1.82) is 0 Å². The summed E-state index contributed by atoms with van der Waals surface area (Å²) in [4.78, 5) is 28.6. The van der Waals surface area contributed by atoms with E-state index in [0.717, 1.165) is 155 Å². The Morgan fingerprint density at radius 1 is 0.270 bits per heavy atom. The fraction of sp³-hybridized carbons (Fsp3) is 0.311. The first-order valence-corrected chi connectivity index (χ1v) is 49.8. The number of pyridine rings is 3. The van der Waals surface area contributed by atoms with Crippen molar-refractivity contribution in [3.63, 3.8) is 0 Å². The van der Waals surface area contributed by atoms with Crippen LogP contribution in [0.2, 0.25) is 0 Å². The van der Waals surface area contributed by atoms with E-state index in [9.17, 15) is 15.3 Å². The van der Waals surface area contributed by atoms with E-state index >= 15 is 0 Å². The molecule has 3 N–H and O–H groups in total. The number of benzene rings is 12. The Kier molecular flexibility index (Phi) is 65.7. The van der Waals surface area contributed by atoms with Crippen molar-refractivity contribution >= 4 is 76.0 Å². The molecular formula is C122H152N7O4Pt3S-3. The van der Waals surface area contributed by atoms with Gasteiger partial charge in [-0.15, -0.1) is 101 Å². The Morgan fingerprint density at radius 2 is 0.555 bits per heavy atom. The second-order valence-corrected chi connectivity index (χ2v) is 32.9. The van der Waals surface area contributed by atoms with E-state index in [1.807, 2.05) is 164 Å². The van der Waals surface area contributed by atoms with Crippen molar-refractivity contribution in [2.75, 3.05) is 0 Å². The van der Waals surface area contributed by atoms with Gasteiger partial charge in [0, 0.05) is 110 Å². The van der Waals surface area contributed by atoms with E-state index in [1.54, 1.807) is 41.7 Å². The van der Waals surface area contributed by atoms with Gasteiger partial charge in [-0.3, -0.25) is 15.0 Å². The summed E-state index contributed by atoms with van der Waals surface area (Å²) in [6.07, 6.45) is 20.7. The second kappa shape index (κ2) is 72.5. The van der Waals surface area contributed by atoms with Crippen molar-refractivity contribution in [2.24, 2.45) is 0 Å². The van der Waals surface area contributed by atoms with Crippen LogP contribution in [0.15, 0.2) is 296 Å². The Bertz CT molecular complexity index is 6020. The van der Waals surface area contributed by atoms with Crippen LogP contribution in [0.5, 0.6) is 17.2 Å². The number of hydrogen-bond acceptors (Lipinski definition) is 11. The van der Waals surface area contributed by atoms with Crippen molar-refractivity contribution in [2.45, 2.75) is 257 Å². The molecule has 0 spiro atoms. The molecule has 18 rings (SSSR count). The number of aryl methyl sites for hydroxylation is 1. The zero-order valence-electron chi connectivity index (χ0n) is 86.1. The largest absolute Gasteiger partial charge is 0.507 e. The predicted octanol–water partition coefficient (Wildman–Crippen LogP) is 38.3. The summed E-state index contributed by atoms with van der Waals surface area (Å²) in [6, 6.07) is 99.7. The topological polar surface area (TPSA) is 156 Å². The summed E-state index contributed by atoms with van der Waals surface area (Å²) in [5.74, 6) is 1.75. The maximum atomic E-state index is 10.5. The number of oxazole rings is 1. The zero-order chi connectivity index (χ0) is 98.5. The fourth-order valence-electron chi connectivity index (χ4n) is 12.4. The third kappa shape index (κ3) is 39.2. The molecule has 11 nitrogen and oxygen atoms in total. The average molecular weight is 2400 g/mol. The minimum absolute atomic E-state index is 0. The molecule has 0 aliphatic carbocycles. The van der Waals surface area contributed by atoms with Crippen LogP contribution in [0.4, 0.5) is 0 Å². The van der Waals surface area contributed by atoms with Crippen LogP contribution in [0.3, 0.4) is 0 Å². The van der Waals surface area contributed by atoms with Gasteiger partial charge in [-0.2, -0.15) is 0 Å². The van der Waals surface area contributed by atoms with Crippen LogP contribution < -0.4 is 0 Å². The Morgan fingerprint density at radius 3 is 0.912 bits per heavy atom. The van der Waals surface area contributed by atoms with E-state index in [4.69, 9.17) is 19.4 Å². The Labute approximate surface area is 870 Å². The van der Waals surface area contributed by atoms with Crippen molar-refractivity contribution < 1.29 is 82.9 Å². The van der Waals surface area contributed by atoms with Gasteiger partial charge in [0.15, 0.2) is 0 Å². The molecule has 0 amide bonds. The summed E-state index contributed by atoms with van der Waals surface area (Å²) >= 11 is 1.58. The van der Waals surface area contributed by atoms with Crippen molar-refractivity contribution in [3.05, 3.63) is 310 Å². The number of hydrogen-bond donors (Lipinski definition) is 3. The third-order valence-corrected chi connectivity index (χ3v) is 18.4. The van der Waals surface area contributed by atoms with Gasteiger partial charge in [0.25, 0.3) is 0 Å². The molecule has 0 aliphatic rings. The molecule has 738 valence electrons. The van der Waals surface area contributed by atoms with Crippen LogP contribution in [0.1, 0.15) is 250 Å². The molecule has 0 unspecified atom stereocenters. The minimum Gasteiger partial charge on any atom is -0.507 e. The standard InChI is InChI=1S/C30H22N3O.C28H17N2O2.C28H17N2OS.12C3H8.3Pt/c1-2-33-27-15-8-14-24(29(27)32-30(33)25-13-5-6-16-28(25)34)21-11-7-12-22(17-21)26-18-20-9-3-4-10-23(20)19-31-26;2*31-25-13-4-3-11-23(25)28-30-27-22(12-6-14-26(27)32-28)19-9-5-10-20(15-19)24-16-18-7-1-2-8-21(18)17-29-24;12*1-3-2;;;/h3-16,18-19,34H,2H2,1H3;2*1-14,16-17,31H;12*3H2,1-2H3;;;/q3*-1;;;;;;;;;;;;;;;. The smallest absolute Gasteiger partial charge is 0.230 e. The van der Waals surface area contributed by atoms with E-state index in [1.165, 1.54) is 77.0 Å². The van der Waals surface area contributed by atoms with Crippen LogP contribution in [-0.4, -0.2) is 49.8 Å². The van der Waals surface area contributed by atoms with E-state index in [-0.39, 0.29) is 80.4 Å². The van der Waals surface area contributed by atoms with Gasteiger partial charge in [-0.25, -0.2) is 15.0 Å². The van der Waals surface area contributed by atoms with Gasteiger partial charge in [0.2, 0.25) is 5.89 Å². The van der Waals surface area contributed by atoms with Gasteiger partial charge >= 0.3 is 0 Å². The predicted molar refractivity (Wildman–Crippen MR) is 587 cm³/mol. The van der Waals surface area contributed by atoms with Crippen LogP contribution in [-0.2, 0) is 69.7 Å². The number of phenols is 3. The molecule has 0 radical (unpaired) electrons. The molecule has 137 heavy (non-hydrogen) atoms. The fourth-order valence-corrected chi connectivity index (χ4v) is 13.5. The molecule has 0 bridgehead atoms. The summed E-state index contributed by atoms with van der Waals surface area (Å²) < 4.78 is 9.18. The number of aromatic nitrogens is 7. The van der Waals surface area contributed by atoms with Crippen LogP contribution in [0.25, 0.3) is 165 Å². The molecule has 0 saturated carbocycles. The maximum absolute atomic E-state index is 10.5. The molecule has 15 heteroatoms. The summed E-state index contributed by atoms with van der Waals surface area (Å²) in [6.45, 7) is 53.8. The number of fused-ring (bicyclic) bond motifs is 6. The zero-order valence-corrected chi connectivity index (χ0v) is 93.8. The number of nitrogens with zero attached hydrogens (tertiary/aromatic N) is 7. The number of aromatic hydroxyl groups is 3. The van der Waals surface area contributed by atoms with Crippen LogP contribution in [0, 0.1) is 18.2 Å². The summed E-state index contributed by atoms with van der Waals surface area (Å²) in [5.41, 5.74) is 17.5. The third-order valence-electron chi connectivity index (χ3n) is 17.3. The Hall–Kier alpha value is -10.8. The van der Waals surface area contributed by atoms with Crippen molar-refractivity contribution in [1.82, 2.24) is 34.5 Å². The van der Waals surface area contributed by atoms with Gasteiger partial charge < -0.3 is 24.3 Å². The van der Waals surface area contributed by atoms with Gasteiger partial charge in [0.1, 0.15) is 33.7 Å². The molecule has 12 aromatic carbocycles. The number of imidazole rings is 1. The second-order valence-electron chi connectivity index (χ2n) is 31.9. The molecule has 18 aromatic rings. The monoisotopic (exact) mass is 2400 g/mol. The molecule has 6 heterocycles. The number of thiazole rings is 1. The number of phenolic OH excluding ortho intramolecular Hbond substituents is 3. The van der Waals surface area contributed by atoms with Crippen LogP contribution >= 0.6 is 11.3 Å². The SMILES string of the molecule is CCC.CCC.CCC.CCC.CCC.CCC.CCC.CCC.CCC.CCC.CCC.CCC.CCn1c(-c2ccccc2O)nc2c(-c3[c-]c(-c4cc5ccccc5cn4)ccc3)cccc21.Oc1ccccc1-c1nc2c(-c3[c-]c(-c4cc5ccccc5cn4)ccc3)cccc2o1.Oc1ccccc1-c1nc2c(-c3[c-]c(-c4cc5ccccc5cn4)ccc3)cccc2s1.[Pt].[Pt].[Pt]. The average Bonchev–Trinajstić information content (AvgIpc) is 1.70. The first kappa shape index (κ1) is 124. The molecule has 0 saturated heterocycles. The minimum atomic E-state index is 0. The first-order valence-electron chi connectivity index (χ1n) is 49.0. The van der Waals surface area contributed by atoms with Gasteiger partial charge in [0.05, 0.1) is 38.8 Å². The molecular weight excluding hydrogens is 2240 g/mol. The summed E-state index contributed by atoms with van der Waals surface area (Å²) in [7, 11) is 0. The van der Waals surface area contributed by atoms with Crippen molar-refractivity contribution in [3.8, 4) is 118 Å². The first-order chi connectivity index (χ1) is 65.2. The van der Waals surface area contributed by atoms with E-state index < -0.39 is 0 Å². The van der Waals surface area contributed by atoms with E-state index in [2.05, 4.69) is 308 Å². The van der Waals surface area contributed by atoms with Gasteiger partial charge in [-0.05, 0) is 93.8 Å². The molecule has 6 aromatic heterocycles. The quantitative estimate of drug-likeness (QED) is 0.113. The summed E-state index contributed by atoms with van der Waals surface area (Å²) in [5, 5.41) is 38.5. The van der Waals surface area contributed by atoms with E-state index in [0.29, 0.717) is 17.0 Å². The molecule has 0 aliphatic heterocycles. The Balaban J connectivity index is 0.000000865. The van der Waals surface area contributed by atoms with Gasteiger partial charge in [-0.1, -0.05) is 440 Å². The molecule has 0 fully saturated rings.